The second kappa shape index (κ2) is 15.2. The molecule has 4 heteroatoms. The molecule has 11 aromatic rings. The van der Waals surface area contributed by atoms with Crippen LogP contribution in [0, 0.1) is 27.7 Å². The molecule has 0 aliphatic heterocycles. The normalized spacial score (nSPS) is 12.0. The lowest BCUT2D eigenvalue weighted by Gasteiger charge is -2.27. The van der Waals surface area contributed by atoms with Crippen molar-refractivity contribution in [1.29, 1.82) is 0 Å². The summed E-state index contributed by atoms with van der Waals surface area (Å²) in [6.45, 7) is 17.7. The van der Waals surface area contributed by atoms with Crippen molar-refractivity contribution >= 4 is 99.5 Å². The number of benzene rings is 9. The Morgan fingerprint density at radius 2 is 0.719 bits per heavy atom. The van der Waals surface area contributed by atoms with Crippen LogP contribution in [0.5, 0.6) is 0 Å². The van der Waals surface area contributed by atoms with Crippen LogP contribution in [0.25, 0.3) is 65.4 Å². The number of rotatable bonds is 8. The largest absolute Gasteiger partial charge is 0.452 e. The molecule has 2 heterocycles. The number of furan rings is 2. The lowest BCUT2D eigenvalue weighted by atomic mass is 10.0. The van der Waals surface area contributed by atoms with E-state index in [1.165, 1.54) is 33.4 Å². The summed E-state index contributed by atoms with van der Waals surface area (Å²) < 4.78 is 13.6. The minimum atomic E-state index is 0.424. The zero-order chi connectivity index (χ0) is 44.0. The zero-order valence-corrected chi connectivity index (χ0v) is 37.9. The van der Waals surface area contributed by atoms with Gasteiger partial charge in [-0.3, -0.25) is 0 Å². The monoisotopic (exact) mass is 832 g/mol. The van der Waals surface area contributed by atoms with Crippen LogP contribution in [-0.2, 0) is 0 Å². The summed E-state index contributed by atoms with van der Waals surface area (Å²) in [5.41, 5.74) is 17.7. The average molecular weight is 833 g/mol. The Morgan fingerprint density at radius 3 is 1.12 bits per heavy atom. The van der Waals surface area contributed by atoms with Gasteiger partial charge in [-0.15, -0.1) is 0 Å². The molecule has 64 heavy (non-hydrogen) atoms. The lowest BCUT2D eigenvalue weighted by molar-refractivity contribution is 0.634. The third-order valence-corrected chi connectivity index (χ3v) is 13.6. The highest BCUT2D eigenvalue weighted by molar-refractivity contribution is 6.21. The van der Waals surface area contributed by atoms with Crippen LogP contribution in [0.2, 0.25) is 0 Å². The lowest BCUT2D eigenvalue weighted by Crippen LogP contribution is -2.11. The Morgan fingerprint density at radius 1 is 0.328 bits per heavy atom. The molecule has 0 N–H and O–H groups in total. The summed E-state index contributed by atoms with van der Waals surface area (Å²) >= 11 is 0. The van der Waals surface area contributed by atoms with E-state index < -0.39 is 0 Å². The first-order valence-electron chi connectivity index (χ1n) is 22.6. The molecule has 0 saturated carbocycles. The van der Waals surface area contributed by atoms with Gasteiger partial charge in [0.05, 0.1) is 0 Å². The van der Waals surface area contributed by atoms with E-state index in [-0.39, 0.29) is 0 Å². The molecule has 0 fully saturated rings. The smallest absolute Gasteiger partial charge is 0.178 e. The molecule has 4 nitrogen and oxygen atoms in total. The van der Waals surface area contributed by atoms with E-state index in [9.17, 15) is 0 Å². The topological polar surface area (TPSA) is 32.8 Å². The maximum absolute atomic E-state index is 6.82. The van der Waals surface area contributed by atoms with Crippen LogP contribution in [-0.4, -0.2) is 0 Å². The van der Waals surface area contributed by atoms with Crippen LogP contribution in [0.1, 0.15) is 72.9 Å². The number of hydrogen-bond acceptors (Lipinski definition) is 4. The first kappa shape index (κ1) is 39.5. The molecule has 0 bridgehead atoms. The molecule has 0 spiro atoms. The van der Waals surface area contributed by atoms with Crippen LogP contribution in [0.4, 0.5) is 34.1 Å². The average Bonchev–Trinajstić information content (AvgIpc) is 3.84. The Bertz CT molecular complexity index is 3400. The summed E-state index contributed by atoms with van der Waals surface area (Å²) in [5.74, 6) is 0.848. The molecule has 314 valence electrons. The molecule has 0 atom stereocenters. The van der Waals surface area contributed by atoms with Gasteiger partial charge in [0.15, 0.2) is 11.2 Å². The molecule has 0 aliphatic carbocycles. The van der Waals surface area contributed by atoms with Crippen LogP contribution in [0.15, 0.2) is 167 Å². The van der Waals surface area contributed by atoms with E-state index in [0.717, 1.165) is 99.5 Å². The second-order valence-electron chi connectivity index (χ2n) is 18.5. The molecule has 11 rings (SSSR count). The highest BCUT2D eigenvalue weighted by atomic mass is 16.4. The van der Waals surface area contributed by atoms with Gasteiger partial charge in [0.2, 0.25) is 0 Å². The second-order valence-corrected chi connectivity index (χ2v) is 18.5. The van der Waals surface area contributed by atoms with Crippen molar-refractivity contribution in [3.8, 4) is 0 Å². The predicted octanol–water partition coefficient (Wildman–Crippen LogP) is 18.2. The number of nitrogens with zero attached hydrogens (tertiary/aromatic N) is 2. The molecular formula is C60H52N2O2. The van der Waals surface area contributed by atoms with Gasteiger partial charge in [0, 0.05) is 55.7 Å². The van der Waals surface area contributed by atoms with Crippen LogP contribution in [0.3, 0.4) is 0 Å². The quantitative estimate of drug-likeness (QED) is 0.153. The Hall–Kier alpha value is -7.30. The number of anilines is 6. The minimum absolute atomic E-state index is 0.424. The van der Waals surface area contributed by atoms with Crippen molar-refractivity contribution in [2.45, 2.75) is 67.2 Å². The van der Waals surface area contributed by atoms with Crippen molar-refractivity contribution in [2.75, 3.05) is 9.80 Å². The summed E-state index contributed by atoms with van der Waals surface area (Å²) in [5, 5.41) is 8.81. The van der Waals surface area contributed by atoms with Crippen molar-refractivity contribution in [3.63, 3.8) is 0 Å². The SMILES string of the molecule is Cc1ccc(N(c2cccc(C(C)C)c2)c2ccc3cc4c(cc3c2)oc2c4ccc3c4cc5ccc(N(c6cccc(C(C)C)c6)c6ccc(C)c(C)c6)cc5cc4oc32)cc1C. The Kier molecular flexibility index (Phi) is 9.39. The van der Waals surface area contributed by atoms with Crippen molar-refractivity contribution in [3.05, 3.63) is 191 Å². The molecule has 0 radical (unpaired) electrons. The summed E-state index contributed by atoms with van der Waals surface area (Å²) in [6, 6.07) is 58.2. The number of hydrogen-bond donors (Lipinski definition) is 0. The predicted molar refractivity (Wildman–Crippen MR) is 273 cm³/mol. The Balaban J connectivity index is 1.02. The fraction of sp³-hybridized carbons (Fsp3) is 0.167. The van der Waals surface area contributed by atoms with Crippen molar-refractivity contribution in [1.82, 2.24) is 0 Å². The Labute approximate surface area is 375 Å². The molecule has 2 aromatic heterocycles. The highest BCUT2D eigenvalue weighted by Gasteiger charge is 2.21. The zero-order valence-electron chi connectivity index (χ0n) is 37.9. The van der Waals surface area contributed by atoms with Crippen molar-refractivity contribution in [2.24, 2.45) is 0 Å². The number of aryl methyl sites for hydroxylation is 4. The van der Waals surface area contributed by atoms with Gasteiger partial charge in [-0.1, -0.05) is 76.2 Å². The first-order chi connectivity index (χ1) is 31.0. The molecule has 0 unspecified atom stereocenters. The van der Waals surface area contributed by atoms with Crippen molar-refractivity contribution < 1.29 is 8.83 Å². The van der Waals surface area contributed by atoms with E-state index in [1.54, 1.807) is 0 Å². The standard InChI is InChI=1S/C60H52N2O2/c1-35(2)41-11-9-13-47(27-41)61(49-19-15-37(5)39(7)25-49)51-21-17-43-31-55-53-23-24-54-56-32-44-18-22-52(30-46(44)34-58(56)64-60(54)59(53)63-57(55)33-45(43)29-51)62(50-20-16-38(6)40(8)26-50)48-14-10-12-42(28-48)36(3)4/h9-36H,1-8H3. The van der Waals surface area contributed by atoms with Gasteiger partial charge < -0.3 is 18.6 Å². The van der Waals surface area contributed by atoms with Gasteiger partial charge in [-0.2, -0.15) is 0 Å². The summed E-state index contributed by atoms with van der Waals surface area (Å²) in [7, 11) is 0. The molecule has 0 aliphatic rings. The van der Waals surface area contributed by atoms with Gasteiger partial charge in [-0.25, -0.2) is 0 Å². The molecule has 9 aromatic carbocycles. The summed E-state index contributed by atoms with van der Waals surface area (Å²) in [4.78, 5) is 4.74. The number of fused-ring (bicyclic) bond motifs is 9. The van der Waals surface area contributed by atoms with Gasteiger partial charge >= 0.3 is 0 Å². The maximum atomic E-state index is 6.82. The fourth-order valence-corrected chi connectivity index (χ4v) is 9.48. The molecule has 0 amide bonds. The maximum Gasteiger partial charge on any atom is 0.178 e. The van der Waals surface area contributed by atoms with Gasteiger partial charge in [0.1, 0.15) is 11.2 Å². The van der Waals surface area contributed by atoms with E-state index >= 15 is 0 Å². The molecule has 0 saturated heterocycles. The first-order valence-corrected chi connectivity index (χ1v) is 22.6. The third-order valence-electron chi connectivity index (χ3n) is 13.6. The summed E-state index contributed by atoms with van der Waals surface area (Å²) in [6.07, 6.45) is 0. The third kappa shape index (κ3) is 6.68. The van der Waals surface area contributed by atoms with Gasteiger partial charge in [0.25, 0.3) is 0 Å². The minimum Gasteiger partial charge on any atom is -0.452 e. The van der Waals surface area contributed by atoms with Crippen LogP contribution < -0.4 is 9.80 Å². The highest BCUT2D eigenvalue weighted by Crippen LogP contribution is 2.44. The fourth-order valence-electron chi connectivity index (χ4n) is 9.48. The van der Waals surface area contributed by atoms with Gasteiger partial charge in [-0.05, 0) is 204 Å². The van der Waals surface area contributed by atoms with E-state index in [2.05, 4.69) is 223 Å². The van der Waals surface area contributed by atoms with Crippen LogP contribution >= 0.6 is 0 Å². The van der Waals surface area contributed by atoms with E-state index in [1.807, 2.05) is 0 Å². The molecular weight excluding hydrogens is 781 g/mol. The van der Waals surface area contributed by atoms with E-state index in [4.69, 9.17) is 8.83 Å². The van der Waals surface area contributed by atoms with E-state index in [0.29, 0.717) is 11.8 Å².